The van der Waals surface area contributed by atoms with E-state index in [0.29, 0.717) is 0 Å². The topological polar surface area (TPSA) is 126 Å². The molecule has 0 amide bonds. The minimum atomic E-state index is -5.18. The maximum atomic E-state index is 9.55. The zero-order valence-electron chi connectivity index (χ0n) is 18.9. The third-order valence-electron chi connectivity index (χ3n) is 0.346. The molecule has 0 N–H and O–H groups in total. The van der Waals surface area contributed by atoms with Crippen molar-refractivity contribution in [1.29, 1.82) is 0 Å². The molecule has 0 fully saturated rings. The molecule has 6 nitrogen and oxygen atoms in total. The van der Waals surface area contributed by atoms with Crippen LogP contribution in [-0.2, 0) is 9.13 Å². The largest absolute Gasteiger partial charge is 2.00 e. The van der Waals surface area contributed by atoms with E-state index < -0.39 is 21.1 Å². The molecule has 0 spiro atoms. The molecule has 0 atom stereocenters. The Labute approximate surface area is 321 Å². The summed E-state index contributed by atoms with van der Waals surface area (Å²) in [6.07, 6.45) is 0. The zero-order valence-corrected chi connectivity index (χ0v) is 29.5. The normalized spacial score (nSPS) is 7.29. The van der Waals surface area contributed by atoms with E-state index in [1.807, 2.05) is 0 Å². The third kappa shape index (κ3) is 58.7. The van der Waals surface area contributed by atoms with Crippen molar-refractivity contribution in [3.05, 3.63) is 0 Å². The molecule has 0 saturated heterocycles. The molecule has 0 aromatic carbocycles. The quantitative estimate of drug-likeness (QED) is 0.315. The average molecular weight is 432 g/mol. The van der Waals surface area contributed by atoms with Crippen molar-refractivity contribution >= 4 is 166 Å². The van der Waals surface area contributed by atoms with Gasteiger partial charge in [0.2, 0.25) is 0 Å². The van der Waals surface area contributed by atoms with Crippen LogP contribution in [0.4, 0.5) is 0 Å². The molecule has 0 radical (unpaired) electrons. The second-order valence-electron chi connectivity index (χ2n) is 1.36. The molecule has 72 valence electrons. The number of rotatable bonds is 2. The summed E-state index contributed by atoms with van der Waals surface area (Å²) in [6.45, 7) is 0. The first-order valence-electron chi connectivity index (χ1n) is 1.73. The average Bonchev–Trinajstić information content (AvgIpc) is 1.14. The van der Waals surface area contributed by atoms with E-state index in [2.05, 4.69) is 0 Å². The molecule has 0 aromatic heterocycles. The SMILES string of the molecule is O=P([O-])([O-])CP(=O)([O-])[O-].[Ca+2].[Ca+2].[Ca+2].[Ca+2].[H-].[H-].[H-].[H-].[H-].[H-].[H-].[H-].[Na+].[Na+].[Na+].[Na+]. The number of hydrogen-bond acceptors (Lipinski definition) is 6. The van der Waals surface area contributed by atoms with Crippen LogP contribution >= 0.6 is 15.2 Å². The van der Waals surface area contributed by atoms with Crippen LogP contribution in [0.3, 0.4) is 0 Å². The predicted octanol–water partition coefficient (Wildman–Crippen LogP) is -15.8. The fraction of sp³-hybridized carbons (Fsp3) is 1.00. The summed E-state index contributed by atoms with van der Waals surface area (Å²) in [5.41, 5.74) is 0. The monoisotopic (exact) mass is 432 g/mol. The van der Waals surface area contributed by atoms with E-state index in [4.69, 9.17) is 0 Å². The Morgan fingerprint density at radius 1 is 0.647 bits per heavy atom. The Morgan fingerprint density at radius 2 is 0.765 bits per heavy atom. The van der Waals surface area contributed by atoms with Crippen molar-refractivity contribution < 1.29 is 158 Å². The van der Waals surface area contributed by atoms with Crippen molar-refractivity contribution in [2.75, 3.05) is 5.90 Å². The van der Waals surface area contributed by atoms with E-state index in [9.17, 15) is 28.7 Å². The predicted molar refractivity (Wildman–Crippen MR) is 52.0 cm³/mol. The van der Waals surface area contributed by atoms with Gasteiger partial charge in [0, 0.05) is 5.90 Å². The van der Waals surface area contributed by atoms with Gasteiger partial charge in [-0.15, -0.1) is 0 Å². The smallest absolute Gasteiger partial charge is 1.00 e. The Kier molecular flexibility index (Phi) is 99.5. The van der Waals surface area contributed by atoms with Gasteiger partial charge in [-0.2, -0.15) is 0 Å². The van der Waals surface area contributed by atoms with Crippen LogP contribution in [-0.4, -0.2) is 157 Å². The minimum absolute atomic E-state index is 0. The Balaban J connectivity index is -0.00000000267. The van der Waals surface area contributed by atoms with Gasteiger partial charge >= 0.3 is 269 Å². The van der Waals surface area contributed by atoms with Gasteiger partial charge in [-0.25, -0.2) is 0 Å². The van der Waals surface area contributed by atoms with E-state index in [-0.39, 0.29) is 281 Å². The standard InChI is InChI=1S/CH6O6P2.4Ca.4Na.8H/c2-8(3,4)1-9(5,6)7;;;;;;;;;;;;;;;;/h1H2,(H2,2,3,4)(H2,5,6,7);;;;;;;;;;;;;;;;/q;4*+2;4*+1;8*-1/p-4. The van der Waals surface area contributed by atoms with Crippen LogP contribution < -0.4 is 138 Å². The molecule has 0 aromatic rings. The van der Waals surface area contributed by atoms with Gasteiger partial charge in [-0.3, -0.25) is 0 Å². The van der Waals surface area contributed by atoms with Gasteiger partial charge in [-0.1, -0.05) is 15.2 Å². The fourth-order valence-electron chi connectivity index (χ4n) is 0.212. The van der Waals surface area contributed by atoms with E-state index in [0.717, 1.165) is 0 Å². The van der Waals surface area contributed by atoms with Crippen molar-refractivity contribution in [2.45, 2.75) is 0 Å². The molecule has 0 aliphatic heterocycles. The molecule has 0 unspecified atom stereocenters. The molecular weight excluding hydrogens is 422 g/mol. The van der Waals surface area contributed by atoms with Crippen molar-refractivity contribution in [1.82, 2.24) is 0 Å². The van der Waals surface area contributed by atoms with Gasteiger partial charge in [0.25, 0.3) is 0 Å². The van der Waals surface area contributed by atoms with Gasteiger partial charge < -0.3 is 40.1 Å². The summed E-state index contributed by atoms with van der Waals surface area (Å²) in [4.78, 5) is 38.2. The van der Waals surface area contributed by atoms with Gasteiger partial charge in [0.05, 0.1) is 0 Å². The summed E-state index contributed by atoms with van der Waals surface area (Å²) >= 11 is 0. The molecule has 17 heavy (non-hydrogen) atoms. The second kappa shape index (κ2) is 30.1. The molecule has 0 aliphatic carbocycles. The van der Waals surface area contributed by atoms with E-state index in [1.165, 1.54) is 0 Å². The summed E-state index contributed by atoms with van der Waals surface area (Å²) in [5, 5.41) is 0. The van der Waals surface area contributed by atoms with Crippen LogP contribution in [0.15, 0.2) is 0 Å². The minimum Gasteiger partial charge on any atom is -1.00 e. The Morgan fingerprint density at radius 3 is 0.765 bits per heavy atom. The molecule has 0 rings (SSSR count). The molecule has 0 heterocycles. The molecule has 0 bridgehead atoms. The van der Waals surface area contributed by atoms with Gasteiger partial charge in [0.1, 0.15) is 0 Å². The molecular formula is CH10Ca4Na4O6P2. The summed E-state index contributed by atoms with van der Waals surface area (Å²) in [7, 11) is -10.4. The zero-order chi connectivity index (χ0) is 7.71. The van der Waals surface area contributed by atoms with Crippen molar-refractivity contribution in [3.8, 4) is 0 Å². The first-order valence-corrected chi connectivity index (χ1v) is 5.18. The van der Waals surface area contributed by atoms with Crippen LogP contribution in [0.1, 0.15) is 11.4 Å². The molecule has 0 aliphatic rings. The van der Waals surface area contributed by atoms with Crippen LogP contribution in [0.5, 0.6) is 0 Å². The maximum Gasteiger partial charge on any atom is 2.00 e. The summed E-state index contributed by atoms with van der Waals surface area (Å²) in [6, 6.07) is 0. The van der Waals surface area contributed by atoms with E-state index in [1.54, 1.807) is 0 Å². The first-order chi connectivity index (χ1) is 3.71. The van der Waals surface area contributed by atoms with Crippen molar-refractivity contribution in [3.63, 3.8) is 0 Å². The van der Waals surface area contributed by atoms with Crippen LogP contribution in [0.2, 0.25) is 0 Å². The first kappa shape index (κ1) is 56.3. The summed E-state index contributed by atoms with van der Waals surface area (Å²) in [5.74, 6) is -1.82. The van der Waals surface area contributed by atoms with E-state index >= 15 is 0 Å². The van der Waals surface area contributed by atoms with Crippen molar-refractivity contribution in [2.24, 2.45) is 0 Å². The van der Waals surface area contributed by atoms with Crippen LogP contribution in [0, 0.1) is 0 Å². The second-order valence-corrected chi connectivity index (χ2v) is 4.94. The number of hydrogen-bond donors (Lipinski definition) is 0. The Bertz CT molecular complexity index is 199. The van der Waals surface area contributed by atoms with Gasteiger partial charge in [-0.05, 0) is 0 Å². The van der Waals surface area contributed by atoms with Gasteiger partial charge in [0.15, 0.2) is 0 Å². The maximum absolute atomic E-state index is 9.55. The third-order valence-corrected chi connectivity index (χ3v) is 3.12. The molecule has 0 saturated carbocycles. The van der Waals surface area contributed by atoms with Crippen LogP contribution in [0.25, 0.3) is 0 Å². The fourth-order valence-corrected chi connectivity index (χ4v) is 1.91. The Hall–Kier alpha value is 9.34. The molecule has 16 heteroatoms. The summed E-state index contributed by atoms with van der Waals surface area (Å²) < 4.78 is 19.1.